The molecule has 2 aromatic carbocycles. The van der Waals surface area contributed by atoms with Crippen molar-refractivity contribution < 1.29 is 9.90 Å². The summed E-state index contributed by atoms with van der Waals surface area (Å²) < 4.78 is 1.03. The van der Waals surface area contributed by atoms with E-state index >= 15 is 0 Å². The molecule has 0 radical (unpaired) electrons. The average Bonchev–Trinajstić information content (AvgIpc) is 2.55. The fourth-order valence-corrected chi connectivity index (χ4v) is 2.53. The summed E-state index contributed by atoms with van der Waals surface area (Å²) in [7, 11) is 0. The largest absolute Gasteiger partial charge is 0.481 e. The number of hydrogen-bond donors (Lipinski definition) is 3. The van der Waals surface area contributed by atoms with Gasteiger partial charge in [0.2, 0.25) is 0 Å². The number of hydrogen-bond acceptors (Lipinski definition) is 4. The number of carbonyl (C=O) groups is 1. The molecule has 0 saturated carbocycles. The van der Waals surface area contributed by atoms with Crippen LogP contribution in [0.2, 0.25) is 0 Å². The van der Waals surface area contributed by atoms with Crippen molar-refractivity contribution in [1.29, 1.82) is 0 Å². The van der Waals surface area contributed by atoms with Gasteiger partial charge in [-0.2, -0.15) is 0 Å². The fraction of sp³-hybridized carbons (Fsp3) is 0.118. The van der Waals surface area contributed by atoms with Crippen LogP contribution in [0.1, 0.15) is 12.0 Å². The number of aromatic amines is 1. The Bertz CT molecular complexity index is 1030. The van der Waals surface area contributed by atoms with Crippen molar-refractivity contribution in [2.75, 3.05) is 5.73 Å². The number of carboxylic acids is 1. The van der Waals surface area contributed by atoms with E-state index in [1.807, 2.05) is 0 Å². The lowest BCUT2D eigenvalue weighted by molar-refractivity contribution is -0.136. The standard InChI is InChI=1S/C17H15N3O4/c18-11-4-7-14-13(9-11)16(23)20(17(24)19-14)12-5-1-10(2-6-12)3-8-15(21)22/h1-2,4-7,9H,3,8,18H2,(H,19,24)(H,21,22). The van der Waals surface area contributed by atoms with E-state index in [0.29, 0.717) is 28.7 Å². The van der Waals surface area contributed by atoms with E-state index in [-0.39, 0.29) is 6.42 Å². The van der Waals surface area contributed by atoms with Crippen LogP contribution in [-0.4, -0.2) is 20.6 Å². The summed E-state index contributed by atoms with van der Waals surface area (Å²) in [6, 6.07) is 11.4. The lowest BCUT2D eigenvalue weighted by atomic mass is 10.1. The fourth-order valence-electron chi connectivity index (χ4n) is 2.53. The molecule has 3 rings (SSSR count). The highest BCUT2D eigenvalue weighted by Gasteiger charge is 2.10. The molecule has 122 valence electrons. The first-order valence-corrected chi connectivity index (χ1v) is 7.31. The number of carboxylic acid groups (broad SMARTS) is 1. The molecule has 0 amide bonds. The molecule has 1 aromatic heterocycles. The van der Waals surface area contributed by atoms with Crippen LogP contribution < -0.4 is 17.0 Å². The minimum absolute atomic E-state index is 0.0229. The minimum Gasteiger partial charge on any atom is -0.481 e. The number of anilines is 1. The predicted octanol–water partition coefficient (Wildman–Crippen LogP) is 1.28. The summed E-state index contributed by atoms with van der Waals surface area (Å²) in [5.41, 5.74) is 6.78. The number of nitrogens with two attached hydrogens (primary N) is 1. The Balaban J connectivity index is 2.07. The van der Waals surface area contributed by atoms with E-state index < -0.39 is 17.2 Å². The van der Waals surface area contributed by atoms with E-state index in [1.165, 1.54) is 6.07 Å². The summed E-state index contributed by atoms with van der Waals surface area (Å²) in [5.74, 6) is -0.876. The Morgan fingerprint density at radius 2 is 1.83 bits per heavy atom. The summed E-state index contributed by atoms with van der Waals surface area (Å²) in [4.78, 5) is 38.1. The topological polar surface area (TPSA) is 118 Å². The Kier molecular flexibility index (Phi) is 3.91. The maximum atomic E-state index is 12.6. The number of nitrogens with zero attached hydrogens (tertiary/aromatic N) is 1. The Morgan fingerprint density at radius 1 is 1.12 bits per heavy atom. The quantitative estimate of drug-likeness (QED) is 0.624. The van der Waals surface area contributed by atoms with Gasteiger partial charge in [0.05, 0.1) is 16.6 Å². The van der Waals surface area contributed by atoms with Crippen molar-refractivity contribution in [3.05, 3.63) is 68.9 Å². The maximum absolute atomic E-state index is 12.6. The number of aliphatic carboxylic acids is 1. The van der Waals surface area contributed by atoms with Crippen molar-refractivity contribution in [1.82, 2.24) is 9.55 Å². The predicted molar refractivity (Wildman–Crippen MR) is 90.5 cm³/mol. The first-order valence-electron chi connectivity index (χ1n) is 7.31. The minimum atomic E-state index is -0.876. The zero-order valence-corrected chi connectivity index (χ0v) is 12.7. The third-order valence-corrected chi connectivity index (χ3v) is 3.74. The monoisotopic (exact) mass is 325 g/mol. The number of nitrogens with one attached hydrogen (secondary N) is 1. The zero-order chi connectivity index (χ0) is 17.3. The van der Waals surface area contributed by atoms with Crippen LogP contribution in [0.4, 0.5) is 5.69 Å². The summed E-state index contributed by atoms with van der Waals surface area (Å²) in [6.07, 6.45) is 0.407. The molecular weight excluding hydrogens is 310 g/mol. The molecule has 0 fully saturated rings. The van der Waals surface area contributed by atoms with Gasteiger partial charge in [-0.3, -0.25) is 9.59 Å². The molecule has 0 aliphatic carbocycles. The number of benzene rings is 2. The van der Waals surface area contributed by atoms with Gasteiger partial charge < -0.3 is 15.8 Å². The van der Waals surface area contributed by atoms with E-state index in [0.717, 1.165) is 10.1 Å². The van der Waals surface area contributed by atoms with Crippen molar-refractivity contribution in [3.8, 4) is 5.69 Å². The molecule has 7 heteroatoms. The highest BCUT2D eigenvalue weighted by atomic mass is 16.4. The van der Waals surface area contributed by atoms with Gasteiger partial charge in [-0.25, -0.2) is 9.36 Å². The first-order chi connectivity index (χ1) is 11.5. The third kappa shape index (κ3) is 2.91. The Labute approximate surface area is 136 Å². The van der Waals surface area contributed by atoms with E-state index in [2.05, 4.69) is 4.98 Å². The maximum Gasteiger partial charge on any atom is 0.333 e. The van der Waals surface area contributed by atoms with Crippen LogP contribution in [0.25, 0.3) is 16.6 Å². The SMILES string of the molecule is Nc1ccc2[nH]c(=O)n(-c3ccc(CCC(=O)O)cc3)c(=O)c2c1. The number of H-pyrrole nitrogens is 1. The van der Waals surface area contributed by atoms with Gasteiger partial charge in [-0.15, -0.1) is 0 Å². The molecule has 0 aliphatic rings. The van der Waals surface area contributed by atoms with Gasteiger partial charge in [0, 0.05) is 12.1 Å². The molecular formula is C17H15N3O4. The van der Waals surface area contributed by atoms with Crippen molar-refractivity contribution in [2.45, 2.75) is 12.8 Å². The highest BCUT2D eigenvalue weighted by Crippen LogP contribution is 2.12. The highest BCUT2D eigenvalue weighted by molar-refractivity contribution is 5.81. The lowest BCUT2D eigenvalue weighted by Gasteiger charge is -2.08. The zero-order valence-electron chi connectivity index (χ0n) is 12.7. The van der Waals surface area contributed by atoms with E-state index in [1.54, 1.807) is 36.4 Å². The molecule has 24 heavy (non-hydrogen) atoms. The molecule has 0 unspecified atom stereocenters. The van der Waals surface area contributed by atoms with Crippen LogP contribution in [0, 0.1) is 0 Å². The normalized spacial score (nSPS) is 10.8. The van der Waals surface area contributed by atoms with Gasteiger partial charge in [-0.05, 0) is 42.3 Å². The van der Waals surface area contributed by atoms with Crippen molar-refractivity contribution in [3.63, 3.8) is 0 Å². The third-order valence-electron chi connectivity index (χ3n) is 3.74. The number of rotatable bonds is 4. The molecule has 0 aliphatic heterocycles. The summed E-state index contributed by atoms with van der Waals surface area (Å²) in [5, 5.41) is 9.03. The molecule has 4 N–H and O–H groups in total. The molecule has 0 atom stereocenters. The van der Waals surface area contributed by atoms with Crippen LogP contribution in [0.5, 0.6) is 0 Å². The van der Waals surface area contributed by atoms with E-state index in [4.69, 9.17) is 10.8 Å². The number of aromatic nitrogens is 2. The van der Waals surface area contributed by atoms with Gasteiger partial charge in [0.15, 0.2) is 0 Å². The number of nitrogen functional groups attached to an aromatic ring is 1. The van der Waals surface area contributed by atoms with Gasteiger partial charge >= 0.3 is 11.7 Å². The van der Waals surface area contributed by atoms with Crippen molar-refractivity contribution in [2.24, 2.45) is 0 Å². The second kappa shape index (κ2) is 6.04. The lowest BCUT2D eigenvalue weighted by Crippen LogP contribution is -2.33. The van der Waals surface area contributed by atoms with E-state index in [9.17, 15) is 14.4 Å². The number of fused-ring (bicyclic) bond motifs is 1. The molecule has 0 spiro atoms. The second-order valence-electron chi connectivity index (χ2n) is 5.44. The number of aryl methyl sites for hydroxylation is 1. The summed E-state index contributed by atoms with van der Waals surface area (Å²) in [6.45, 7) is 0. The van der Waals surface area contributed by atoms with Crippen molar-refractivity contribution >= 4 is 22.6 Å². The molecule has 0 bridgehead atoms. The Hall–Kier alpha value is -3.35. The summed E-state index contributed by atoms with van der Waals surface area (Å²) >= 11 is 0. The van der Waals surface area contributed by atoms with Gasteiger partial charge in [0.1, 0.15) is 0 Å². The molecule has 3 aromatic rings. The molecule has 0 saturated heterocycles. The first kappa shape index (κ1) is 15.5. The smallest absolute Gasteiger partial charge is 0.333 e. The Morgan fingerprint density at radius 3 is 2.50 bits per heavy atom. The average molecular weight is 325 g/mol. The van der Waals surface area contributed by atoms with Gasteiger partial charge in [-0.1, -0.05) is 12.1 Å². The molecule has 7 nitrogen and oxygen atoms in total. The van der Waals surface area contributed by atoms with Crippen LogP contribution in [0.3, 0.4) is 0 Å². The van der Waals surface area contributed by atoms with Crippen LogP contribution >= 0.6 is 0 Å². The molecule has 1 heterocycles. The van der Waals surface area contributed by atoms with Crippen LogP contribution in [-0.2, 0) is 11.2 Å². The van der Waals surface area contributed by atoms with Crippen LogP contribution in [0.15, 0.2) is 52.1 Å². The second-order valence-corrected chi connectivity index (χ2v) is 5.44. The van der Waals surface area contributed by atoms with Gasteiger partial charge in [0.25, 0.3) is 5.56 Å².